The van der Waals surface area contributed by atoms with E-state index < -0.39 is 6.10 Å². The molecule has 55 heavy (non-hydrogen) atoms. The van der Waals surface area contributed by atoms with Crippen molar-refractivity contribution < 1.29 is 28.6 Å². The SMILES string of the molecule is CC/C=C\C/C=C\C/C=C\CCCCC(=O)OCC(COC(=O)CCCCCCCCCCCCCCC)OC(=O)CCCC/C=C\C/C=C\C/C=C\CC. The Labute approximate surface area is 338 Å². The fourth-order valence-electron chi connectivity index (χ4n) is 5.88. The van der Waals surface area contributed by atoms with Crippen LogP contribution in [-0.4, -0.2) is 37.2 Å². The minimum atomic E-state index is -0.806. The summed E-state index contributed by atoms with van der Waals surface area (Å²) in [7, 11) is 0. The van der Waals surface area contributed by atoms with Gasteiger partial charge in [-0.2, -0.15) is 0 Å². The van der Waals surface area contributed by atoms with Crippen LogP contribution in [0.25, 0.3) is 0 Å². The van der Waals surface area contributed by atoms with Gasteiger partial charge in [0, 0.05) is 19.3 Å². The van der Waals surface area contributed by atoms with Crippen LogP contribution in [0.2, 0.25) is 0 Å². The topological polar surface area (TPSA) is 78.9 Å². The molecule has 0 saturated carbocycles. The molecule has 314 valence electrons. The number of allylic oxidation sites excluding steroid dienone is 12. The van der Waals surface area contributed by atoms with Crippen molar-refractivity contribution in [2.75, 3.05) is 13.2 Å². The molecule has 0 fully saturated rings. The van der Waals surface area contributed by atoms with E-state index in [1.54, 1.807) is 0 Å². The Kier molecular flexibility index (Phi) is 41.1. The first-order chi connectivity index (χ1) is 27.0. The number of hydrogen-bond acceptors (Lipinski definition) is 6. The molecule has 0 aliphatic heterocycles. The van der Waals surface area contributed by atoms with Crippen LogP contribution in [-0.2, 0) is 28.6 Å². The summed E-state index contributed by atoms with van der Waals surface area (Å²) in [6, 6.07) is 0. The second-order valence-corrected chi connectivity index (χ2v) is 14.5. The van der Waals surface area contributed by atoms with Crippen LogP contribution in [0.5, 0.6) is 0 Å². The summed E-state index contributed by atoms with van der Waals surface area (Å²) in [6.45, 7) is 6.31. The Hall–Kier alpha value is -3.15. The van der Waals surface area contributed by atoms with Gasteiger partial charge in [-0.15, -0.1) is 0 Å². The second-order valence-electron chi connectivity index (χ2n) is 14.5. The van der Waals surface area contributed by atoms with Crippen LogP contribution in [0.3, 0.4) is 0 Å². The zero-order valence-electron chi connectivity index (χ0n) is 35.7. The maximum Gasteiger partial charge on any atom is 0.306 e. The standard InChI is InChI=1S/C49H82O6/c1-4-7-10-13-16-19-22-25-28-30-33-36-39-42-48(51)54-45-46(55-49(52)43-40-37-34-31-27-24-21-18-15-12-9-6-3)44-53-47(50)41-38-35-32-29-26-23-20-17-14-11-8-5-2/h8-9,11-12,17-18,20-21,26-27,29,31,46H,4-7,10,13-16,19,22-25,28,30,32-45H2,1-3H3/b11-8-,12-9-,20-17-,21-18-,29-26-,31-27-. The van der Waals surface area contributed by atoms with Gasteiger partial charge in [-0.25, -0.2) is 0 Å². The van der Waals surface area contributed by atoms with Crippen LogP contribution in [0.15, 0.2) is 72.9 Å². The van der Waals surface area contributed by atoms with Crippen molar-refractivity contribution in [2.45, 2.75) is 207 Å². The minimum absolute atomic E-state index is 0.102. The summed E-state index contributed by atoms with van der Waals surface area (Å²) in [5, 5.41) is 0. The van der Waals surface area contributed by atoms with Crippen molar-refractivity contribution >= 4 is 17.9 Å². The van der Waals surface area contributed by atoms with Crippen molar-refractivity contribution in [1.29, 1.82) is 0 Å². The first-order valence-corrected chi connectivity index (χ1v) is 22.4. The van der Waals surface area contributed by atoms with Crippen molar-refractivity contribution in [1.82, 2.24) is 0 Å². The molecule has 1 unspecified atom stereocenters. The summed E-state index contributed by atoms with van der Waals surface area (Å²) in [4.78, 5) is 37.7. The highest BCUT2D eigenvalue weighted by atomic mass is 16.6. The van der Waals surface area contributed by atoms with Crippen molar-refractivity contribution in [2.24, 2.45) is 0 Å². The van der Waals surface area contributed by atoms with Crippen LogP contribution in [0, 0.1) is 0 Å². The molecule has 6 nitrogen and oxygen atoms in total. The fraction of sp³-hybridized carbons (Fsp3) is 0.694. The maximum absolute atomic E-state index is 12.7. The molecular formula is C49H82O6. The van der Waals surface area contributed by atoms with Gasteiger partial charge in [0.1, 0.15) is 13.2 Å². The van der Waals surface area contributed by atoms with Gasteiger partial charge in [0.25, 0.3) is 0 Å². The van der Waals surface area contributed by atoms with Crippen LogP contribution < -0.4 is 0 Å². The maximum atomic E-state index is 12.7. The third-order valence-corrected chi connectivity index (χ3v) is 9.21. The van der Waals surface area contributed by atoms with Crippen LogP contribution in [0.1, 0.15) is 201 Å². The molecule has 0 aromatic carbocycles. The molecule has 0 radical (unpaired) electrons. The highest BCUT2D eigenvalue weighted by Gasteiger charge is 2.19. The van der Waals surface area contributed by atoms with E-state index in [9.17, 15) is 14.4 Å². The molecule has 0 N–H and O–H groups in total. The predicted molar refractivity (Wildman–Crippen MR) is 233 cm³/mol. The lowest BCUT2D eigenvalue weighted by Crippen LogP contribution is -2.30. The average molecular weight is 767 g/mol. The molecule has 0 heterocycles. The molecule has 6 heteroatoms. The van der Waals surface area contributed by atoms with Gasteiger partial charge in [-0.1, -0.05) is 171 Å². The summed E-state index contributed by atoms with van der Waals surface area (Å²) >= 11 is 0. The summed E-state index contributed by atoms with van der Waals surface area (Å²) in [5.74, 6) is -0.989. The molecule has 0 aromatic rings. The minimum Gasteiger partial charge on any atom is -0.462 e. The number of esters is 3. The Bertz CT molecular complexity index is 1070. The molecular weight excluding hydrogens is 685 g/mol. The van der Waals surface area contributed by atoms with E-state index >= 15 is 0 Å². The van der Waals surface area contributed by atoms with Crippen LogP contribution in [0.4, 0.5) is 0 Å². The average Bonchev–Trinajstić information content (AvgIpc) is 3.18. The molecule has 0 spiro atoms. The zero-order chi connectivity index (χ0) is 40.1. The van der Waals surface area contributed by atoms with E-state index in [0.29, 0.717) is 19.3 Å². The second kappa shape index (κ2) is 43.6. The van der Waals surface area contributed by atoms with Gasteiger partial charge in [0.05, 0.1) is 0 Å². The summed E-state index contributed by atoms with van der Waals surface area (Å²) in [6.07, 6.45) is 53.2. The monoisotopic (exact) mass is 767 g/mol. The number of rotatable bonds is 39. The first-order valence-electron chi connectivity index (χ1n) is 22.4. The van der Waals surface area contributed by atoms with Gasteiger partial charge < -0.3 is 14.2 Å². The lowest BCUT2D eigenvalue weighted by molar-refractivity contribution is -0.167. The van der Waals surface area contributed by atoms with E-state index in [1.165, 1.54) is 64.2 Å². The lowest BCUT2D eigenvalue weighted by atomic mass is 10.0. The van der Waals surface area contributed by atoms with E-state index in [2.05, 4.69) is 93.7 Å². The Morgan fingerprint density at radius 1 is 0.382 bits per heavy atom. The van der Waals surface area contributed by atoms with E-state index in [1.807, 2.05) is 0 Å². The first kappa shape index (κ1) is 51.9. The Morgan fingerprint density at radius 2 is 0.709 bits per heavy atom. The molecule has 1 atom stereocenters. The van der Waals surface area contributed by atoms with E-state index in [-0.39, 0.29) is 37.5 Å². The van der Waals surface area contributed by atoms with Crippen molar-refractivity contribution in [3.8, 4) is 0 Å². The smallest absolute Gasteiger partial charge is 0.306 e. The summed E-state index contributed by atoms with van der Waals surface area (Å²) in [5.41, 5.74) is 0. The predicted octanol–water partition coefficient (Wildman–Crippen LogP) is 14.3. The van der Waals surface area contributed by atoms with Crippen LogP contribution >= 0.6 is 0 Å². The number of ether oxygens (including phenoxy) is 3. The molecule has 0 rings (SSSR count). The lowest BCUT2D eigenvalue weighted by Gasteiger charge is -2.18. The van der Waals surface area contributed by atoms with Gasteiger partial charge >= 0.3 is 17.9 Å². The van der Waals surface area contributed by atoms with E-state index in [0.717, 1.165) is 89.9 Å². The highest BCUT2D eigenvalue weighted by Crippen LogP contribution is 2.14. The third kappa shape index (κ3) is 41.8. The van der Waals surface area contributed by atoms with Gasteiger partial charge in [-0.05, 0) is 83.5 Å². The fourth-order valence-corrected chi connectivity index (χ4v) is 5.88. The largest absolute Gasteiger partial charge is 0.462 e. The zero-order valence-corrected chi connectivity index (χ0v) is 35.7. The highest BCUT2D eigenvalue weighted by molar-refractivity contribution is 5.71. The number of carbonyl (C=O) groups is 3. The molecule has 0 bridgehead atoms. The number of carbonyl (C=O) groups excluding carboxylic acids is 3. The number of hydrogen-bond donors (Lipinski definition) is 0. The van der Waals surface area contributed by atoms with Crippen molar-refractivity contribution in [3.63, 3.8) is 0 Å². The molecule has 0 aliphatic rings. The van der Waals surface area contributed by atoms with Gasteiger partial charge in [0.15, 0.2) is 6.10 Å². The molecule has 0 saturated heterocycles. The third-order valence-electron chi connectivity index (χ3n) is 9.21. The summed E-state index contributed by atoms with van der Waals surface area (Å²) < 4.78 is 16.6. The van der Waals surface area contributed by atoms with E-state index in [4.69, 9.17) is 14.2 Å². The molecule has 0 aromatic heterocycles. The Morgan fingerprint density at radius 3 is 1.11 bits per heavy atom. The normalized spacial score (nSPS) is 12.7. The quantitative estimate of drug-likeness (QED) is 0.0268. The van der Waals surface area contributed by atoms with Crippen molar-refractivity contribution in [3.05, 3.63) is 72.9 Å². The molecule has 0 amide bonds. The van der Waals surface area contributed by atoms with Gasteiger partial charge in [0.2, 0.25) is 0 Å². The number of unbranched alkanes of at least 4 members (excludes halogenated alkanes) is 16. The van der Waals surface area contributed by atoms with Gasteiger partial charge in [-0.3, -0.25) is 14.4 Å². The molecule has 0 aliphatic carbocycles. The Balaban J connectivity index is 4.49.